The monoisotopic (exact) mass is 452 g/mol. The van der Waals surface area contributed by atoms with E-state index in [1.807, 2.05) is 12.1 Å². The number of benzene rings is 2. The van der Waals surface area contributed by atoms with Crippen molar-refractivity contribution in [1.82, 2.24) is 4.98 Å². The highest BCUT2D eigenvalue weighted by Crippen LogP contribution is 2.44. The van der Waals surface area contributed by atoms with Gasteiger partial charge in [0.15, 0.2) is 0 Å². The van der Waals surface area contributed by atoms with E-state index in [0.29, 0.717) is 22.1 Å². The standard InChI is InChI=1S/C27H33ClN2O2/c1-4-25(29)27(20-7-5-18(6-8-20)17(2)3)12-9-21(10-13-27)32-24-15-19-11-14-30-26(31)22(19)16-23(24)28/h5-8,11,14-17,21,25H,4,9-10,12-13,29H2,1-3H3,(H,30,31). The molecule has 0 bridgehead atoms. The molecule has 2 aromatic carbocycles. The Balaban J connectivity index is 1.54. The normalized spacial score (nSPS) is 22.2. The van der Waals surface area contributed by atoms with Gasteiger partial charge in [-0.15, -0.1) is 0 Å². The second-order valence-electron chi connectivity index (χ2n) is 9.44. The largest absolute Gasteiger partial charge is 0.489 e. The summed E-state index contributed by atoms with van der Waals surface area (Å²) in [5.74, 6) is 1.16. The molecule has 1 fully saturated rings. The third kappa shape index (κ3) is 4.31. The van der Waals surface area contributed by atoms with Gasteiger partial charge in [0.2, 0.25) is 0 Å². The molecule has 1 saturated carbocycles. The van der Waals surface area contributed by atoms with E-state index in [4.69, 9.17) is 22.1 Å². The van der Waals surface area contributed by atoms with E-state index >= 15 is 0 Å². The summed E-state index contributed by atoms with van der Waals surface area (Å²) in [6.45, 7) is 6.62. The number of H-pyrrole nitrogens is 1. The van der Waals surface area contributed by atoms with Gasteiger partial charge >= 0.3 is 0 Å². The zero-order valence-electron chi connectivity index (χ0n) is 19.2. The number of ether oxygens (including phenoxy) is 1. The fourth-order valence-corrected chi connectivity index (χ4v) is 5.36. The molecule has 0 spiro atoms. The molecule has 1 heterocycles. The minimum absolute atomic E-state index is 0.0232. The Hall–Kier alpha value is -2.30. The topological polar surface area (TPSA) is 68.1 Å². The summed E-state index contributed by atoms with van der Waals surface area (Å²) in [6, 6.07) is 14.6. The van der Waals surface area contributed by atoms with Crippen LogP contribution >= 0.6 is 11.6 Å². The van der Waals surface area contributed by atoms with Gasteiger partial charge in [0.1, 0.15) is 5.75 Å². The summed E-state index contributed by atoms with van der Waals surface area (Å²) < 4.78 is 6.34. The molecule has 1 aromatic heterocycles. The smallest absolute Gasteiger partial charge is 0.255 e. The Labute approximate surface area is 195 Å². The van der Waals surface area contributed by atoms with Gasteiger partial charge in [-0.2, -0.15) is 0 Å². The molecular weight excluding hydrogens is 420 g/mol. The van der Waals surface area contributed by atoms with Crippen LogP contribution in [0.15, 0.2) is 53.5 Å². The lowest BCUT2D eigenvalue weighted by atomic mass is 9.63. The highest BCUT2D eigenvalue weighted by molar-refractivity contribution is 6.32. The lowest BCUT2D eigenvalue weighted by Crippen LogP contribution is -2.48. The number of hydrogen-bond donors (Lipinski definition) is 2. The molecule has 32 heavy (non-hydrogen) atoms. The summed E-state index contributed by atoms with van der Waals surface area (Å²) in [7, 11) is 0. The lowest BCUT2D eigenvalue weighted by Gasteiger charge is -2.44. The molecule has 4 nitrogen and oxygen atoms in total. The van der Waals surface area contributed by atoms with E-state index in [1.165, 1.54) is 11.1 Å². The van der Waals surface area contributed by atoms with Crippen molar-refractivity contribution in [3.05, 3.63) is 75.2 Å². The van der Waals surface area contributed by atoms with Gasteiger partial charge < -0.3 is 15.5 Å². The van der Waals surface area contributed by atoms with Crippen molar-refractivity contribution in [3.63, 3.8) is 0 Å². The Bertz CT molecular complexity index is 1130. The minimum Gasteiger partial charge on any atom is -0.489 e. The average molecular weight is 453 g/mol. The molecule has 1 aliphatic rings. The maximum atomic E-state index is 12.0. The van der Waals surface area contributed by atoms with Crippen molar-refractivity contribution in [2.75, 3.05) is 0 Å². The molecule has 4 rings (SSSR count). The van der Waals surface area contributed by atoms with Crippen molar-refractivity contribution in [1.29, 1.82) is 0 Å². The number of hydrogen-bond acceptors (Lipinski definition) is 3. The van der Waals surface area contributed by atoms with Crippen LogP contribution in [0.4, 0.5) is 0 Å². The van der Waals surface area contributed by atoms with Crippen LogP contribution < -0.4 is 16.0 Å². The first-order valence-electron chi connectivity index (χ1n) is 11.7. The van der Waals surface area contributed by atoms with E-state index in [1.54, 1.807) is 12.3 Å². The second-order valence-corrected chi connectivity index (χ2v) is 9.85. The van der Waals surface area contributed by atoms with Crippen molar-refractivity contribution < 1.29 is 4.74 Å². The molecule has 3 aromatic rings. The lowest BCUT2D eigenvalue weighted by molar-refractivity contribution is 0.104. The average Bonchev–Trinajstić information content (AvgIpc) is 2.80. The molecule has 1 atom stereocenters. The van der Waals surface area contributed by atoms with E-state index < -0.39 is 0 Å². The van der Waals surface area contributed by atoms with E-state index in [2.05, 4.69) is 50.0 Å². The number of aromatic nitrogens is 1. The molecular formula is C27H33ClN2O2. The highest BCUT2D eigenvalue weighted by Gasteiger charge is 2.41. The SMILES string of the molecule is CCC(N)C1(c2ccc(C(C)C)cc2)CCC(Oc2cc3cc[nH]c(=O)c3cc2Cl)CC1. The van der Waals surface area contributed by atoms with Crippen molar-refractivity contribution in [3.8, 4) is 5.75 Å². The summed E-state index contributed by atoms with van der Waals surface area (Å²) in [4.78, 5) is 14.7. The number of fused-ring (bicyclic) bond motifs is 1. The number of nitrogens with one attached hydrogen (secondary N) is 1. The first-order chi connectivity index (χ1) is 15.3. The summed E-state index contributed by atoms with van der Waals surface area (Å²) in [5, 5.41) is 1.88. The Morgan fingerprint density at radius 1 is 1.16 bits per heavy atom. The van der Waals surface area contributed by atoms with E-state index in [-0.39, 0.29) is 23.1 Å². The van der Waals surface area contributed by atoms with Crippen LogP contribution in [0.1, 0.15) is 69.9 Å². The predicted molar refractivity (Wildman–Crippen MR) is 133 cm³/mol. The van der Waals surface area contributed by atoms with Crippen molar-refractivity contribution in [2.45, 2.75) is 76.4 Å². The Morgan fingerprint density at radius 3 is 2.47 bits per heavy atom. The number of rotatable bonds is 6. The molecule has 0 radical (unpaired) electrons. The van der Waals surface area contributed by atoms with Gasteiger partial charge in [-0.3, -0.25) is 4.79 Å². The van der Waals surface area contributed by atoms with Crippen LogP contribution in [0.2, 0.25) is 5.02 Å². The van der Waals surface area contributed by atoms with Gasteiger partial charge in [-0.25, -0.2) is 0 Å². The molecule has 1 unspecified atom stereocenters. The first kappa shape index (κ1) is 22.9. The van der Waals surface area contributed by atoms with Crippen LogP contribution in [0.25, 0.3) is 10.8 Å². The summed E-state index contributed by atoms with van der Waals surface area (Å²) in [6.07, 6.45) is 6.49. The molecule has 0 aliphatic heterocycles. The highest BCUT2D eigenvalue weighted by atomic mass is 35.5. The molecule has 0 amide bonds. The van der Waals surface area contributed by atoms with Gasteiger partial charge in [-0.05, 0) is 72.7 Å². The van der Waals surface area contributed by atoms with Crippen molar-refractivity contribution in [2.24, 2.45) is 5.73 Å². The fraction of sp³-hybridized carbons (Fsp3) is 0.444. The van der Waals surface area contributed by atoms with Crippen LogP contribution in [-0.4, -0.2) is 17.1 Å². The second kappa shape index (κ2) is 9.29. The summed E-state index contributed by atoms with van der Waals surface area (Å²) >= 11 is 6.46. The van der Waals surface area contributed by atoms with Gasteiger partial charge in [0.25, 0.3) is 5.56 Å². The summed E-state index contributed by atoms with van der Waals surface area (Å²) in [5.41, 5.74) is 9.25. The predicted octanol–water partition coefficient (Wildman–Crippen LogP) is 6.30. The van der Waals surface area contributed by atoms with Gasteiger partial charge in [-0.1, -0.05) is 56.6 Å². The molecule has 0 saturated heterocycles. The van der Waals surface area contributed by atoms with E-state index in [9.17, 15) is 4.79 Å². The van der Waals surface area contributed by atoms with Crippen molar-refractivity contribution >= 4 is 22.4 Å². The molecule has 170 valence electrons. The van der Waals surface area contributed by atoms with Gasteiger partial charge in [0, 0.05) is 23.0 Å². The number of halogens is 1. The van der Waals surface area contributed by atoms with Crippen LogP contribution in [0.5, 0.6) is 5.75 Å². The maximum Gasteiger partial charge on any atom is 0.255 e. The Kier molecular flexibility index (Phi) is 6.64. The Morgan fingerprint density at radius 2 is 1.84 bits per heavy atom. The van der Waals surface area contributed by atoms with E-state index in [0.717, 1.165) is 37.5 Å². The molecule has 1 aliphatic carbocycles. The zero-order valence-corrected chi connectivity index (χ0v) is 19.9. The fourth-order valence-electron chi connectivity index (χ4n) is 5.15. The molecule has 5 heteroatoms. The first-order valence-corrected chi connectivity index (χ1v) is 12.1. The van der Waals surface area contributed by atoms with Gasteiger partial charge in [0.05, 0.1) is 11.1 Å². The zero-order chi connectivity index (χ0) is 22.9. The van der Waals surface area contributed by atoms with Crippen LogP contribution in [0.3, 0.4) is 0 Å². The van der Waals surface area contributed by atoms with Crippen LogP contribution in [-0.2, 0) is 5.41 Å². The number of aromatic amines is 1. The third-order valence-corrected chi connectivity index (χ3v) is 7.54. The minimum atomic E-state index is -0.143. The maximum absolute atomic E-state index is 12.0. The number of nitrogens with two attached hydrogens (primary N) is 1. The number of pyridine rings is 1. The van der Waals surface area contributed by atoms with Crippen LogP contribution in [0, 0.1) is 0 Å². The quantitative estimate of drug-likeness (QED) is 0.461. The third-order valence-electron chi connectivity index (χ3n) is 7.25. The molecule has 3 N–H and O–H groups in total.